The molecule has 1 heteroatoms. The van der Waals surface area contributed by atoms with Gasteiger partial charge in [0.05, 0.1) is 0 Å². The zero-order valence-electron chi connectivity index (χ0n) is 6.66. The van der Waals surface area contributed by atoms with Gasteiger partial charge in [-0.15, -0.1) is 11.8 Å². The molecule has 1 aromatic rings. The molecule has 0 nitrogen and oxygen atoms in total. The zero-order valence-corrected chi connectivity index (χ0v) is 7.47. The van der Waals surface area contributed by atoms with Crippen LogP contribution in [0, 0.1) is 0 Å². The number of thioether (sulfide) groups is 1. The molecule has 11 heavy (non-hydrogen) atoms. The fourth-order valence-corrected chi connectivity index (χ4v) is 1.18. The van der Waals surface area contributed by atoms with E-state index >= 15 is 0 Å². The maximum Gasteiger partial charge on any atom is -0.00893 e. The first-order valence-electron chi connectivity index (χ1n) is 3.65. The lowest BCUT2D eigenvalue weighted by atomic mass is 10.2. The Morgan fingerprint density at radius 1 is 1.27 bits per heavy atom. The number of hydrogen-bond donors (Lipinski definition) is 0. The normalized spacial score (nSPS) is 10.6. The van der Waals surface area contributed by atoms with Crippen molar-refractivity contribution in [1.82, 2.24) is 0 Å². The molecule has 0 unspecified atom stereocenters. The summed E-state index contributed by atoms with van der Waals surface area (Å²) in [5.41, 5.74) is 1.37. The predicted octanol–water partition coefficient (Wildman–Crippen LogP) is 3.11. The average molecular weight is 164 g/mol. The molecule has 0 heterocycles. The molecule has 0 aliphatic rings. The maximum absolute atomic E-state index is 2.18. The number of benzene rings is 1. The third-order valence-corrected chi connectivity index (χ3v) is 1.89. The van der Waals surface area contributed by atoms with E-state index in [0.717, 1.165) is 6.42 Å². The molecule has 1 rings (SSSR count). The molecule has 0 aliphatic carbocycles. The first kappa shape index (κ1) is 8.41. The highest BCUT2D eigenvalue weighted by Crippen LogP contribution is 2.02. The molecule has 0 bridgehead atoms. The molecule has 0 radical (unpaired) electrons. The van der Waals surface area contributed by atoms with E-state index in [1.165, 1.54) is 5.56 Å². The topological polar surface area (TPSA) is 0 Å². The van der Waals surface area contributed by atoms with Crippen LogP contribution in [-0.2, 0) is 6.42 Å². The summed E-state index contributed by atoms with van der Waals surface area (Å²) in [6.07, 6.45) is 5.29. The van der Waals surface area contributed by atoms with Gasteiger partial charge in [0.2, 0.25) is 0 Å². The molecule has 0 saturated carbocycles. The minimum atomic E-state index is 1.04. The molecule has 0 aromatic heterocycles. The first-order chi connectivity index (χ1) is 5.43. The highest BCUT2D eigenvalue weighted by atomic mass is 32.2. The van der Waals surface area contributed by atoms with Crippen LogP contribution in [-0.4, -0.2) is 6.26 Å². The van der Waals surface area contributed by atoms with Gasteiger partial charge in [-0.1, -0.05) is 36.4 Å². The third kappa shape index (κ3) is 3.28. The predicted molar refractivity (Wildman–Crippen MR) is 52.8 cm³/mol. The summed E-state index contributed by atoms with van der Waals surface area (Å²) < 4.78 is 0. The molecular formula is C10H12S. The minimum absolute atomic E-state index is 1.04. The maximum atomic E-state index is 2.18. The Bertz CT molecular complexity index is 214. The van der Waals surface area contributed by atoms with Crippen LogP contribution >= 0.6 is 11.8 Å². The molecule has 0 fully saturated rings. The van der Waals surface area contributed by atoms with E-state index in [9.17, 15) is 0 Å². The van der Waals surface area contributed by atoms with Gasteiger partial charge in [0.1, 0.15) is 0 Å². The van der Waals surface area contributed by atoms with Crippen molar-refractivity contribution in [1.29, 1.82) is 0 Å². The van der Waals surface area contributed by atoms with Gasteiger partial charge in [-0.2, -0.15) is 0 Å². The van der Waals surface area contributed by atoms with Crippen LogP contribution in [0.3, 0.4) is 0 Å². The van der Waals surface area contributed by atoms with Crippen LogP contribution in [0.1, 0.15) is 5.56 Å². The largest absolute Gasteiger partial charge is 0.138 e. The molecule has 0 aliphatic heterocycles. The lowest BCUT2D eigenvalue weighted by molar-refractivity contribution is 1.28. The van der Waals surface area contributed by atoms with Gasteiger partial charge in [0, 0.05) is 0 Å². The third-order valence-electron chi connectivity index (χ3n) is 1.43. The Morgan fingerprint density at radius 3 is 2.64 bits per heavy atom. The Hall–Kier alpha value is -0.690. The SMILES string of the molecule is CSC=CCc1ccccc1. The summed E-state index contributed by atoms with van der Waals surface area (Å²) in [4.78, 5) is 0. The molecule has 58 valence electrons. The van der Waals surface area contributed by atoms with Crippen LogP contribution in [0.5, 0.6) is 0 Å². The van der Waals surface area contributed by atoms with Gasteiger partial charge in [0.15, 0.2) is 0 Å². The molecule has 0 amide bonds. The number of hydrogen-bond acceptors (Lipinski definition) is 1. The van der Waals surface area contributed by atoms with Gasteiger partial charge in [0.25, 0.3) is 0 Å². The number of rotatable bonds is 3. The van der Waals surface area contributed by atoms with Crippen LogP contribution < -0.4 is 0 Å². The van der Waals surface area contributed by atoms with Gasteiger partial charge < -0.3 is 0 Å². The smallest absolute Gasteiger partial charge is 0.00893 e. The Labute approximate surface area is 72.3 Å². The van der Waals surface area contributed by atoms with E-state index in [2.05, 4.69) is 42.0 Å². The van der Waals surface area contributed by atoms with Gasteiger partial charge in [-0.05, 0) is 23.6 Å². The summed E-state index contributed by atoms with van der Waals surface area (Å²) in [6.45, 7) is 0. The van der Waals surface area contributed by atoms with Crippen molar-refractivity contribution in [3.63, 3.8) is 0 Å². The van der Waals surface area contributed by atoms with E-state index in [1.807, 2.05) is 6.07 Å². The molecule has 0 atom stereocenters. The highest BCUT2D eigenvalue weighted by molar-refractivity contribution is 8.01. The van der Waals surface area contributed by atoms with E-state index < -0.39 is 0 Å². The quantitative estimate of drug-likeness (QED) is 0.661. The van der Waals surface area contributed by atoms with Crippen LogP contribution in [0.4, 0.5) is 0 Å². The van der Waals surface area contributed by atoms with Crippen molar-refractivity contribution in [3.05, 3.63) is 47.4 Å². The summed E-state index contributed by atoms with van der Waals surface area (Å²) in [5.74, 6) is 0. The molecule has 0 N–H and O–H groups in total. The Balaban J connectivity index is 2.45. The lowest BCUT2D eigenvalue weighted by Gasteiger charge is -1.92. The standard InChI is InChI=1S/C10H12S/c1-11-9-5-8-10-6-3-2-4-7-10/h2-7,9H,8H2,1H3. The van der Waals surface area contributed by atoms with Crippen molar-refractivity contribution in [3.8, 4) is 0 Å². The van der Waals surface area contributed by atoms with Crippen LogP contribution in [0.25, 0.3) is 0 Å². The van der Waals surface area contributed by atoms with E-state index in [-0.39, 0.29) is 0 Å². The average Bonchev–Trinajstić information content (AvgIpc) is 2.07. The Morgan fingerprint density at radius 2 is 2.00 bits per heavy atom. The number of allylic oxidation sites excluding steroid dienone is 1. The second-order valence-corrected chi connectivity index (χ2v) is 3.04. The van der Waals surface area contributed by atoms with Crippen LogP contribution in [0.15, 0.2) is 41.8 Å². The van der Waals surface area contributed by atoms with Crippen molar-refractivity contribution in [2.24, 2.45) is 0 Å². The van der Waals surface area contributed by atoms with Crippen molar-refractivity contribution in [2.75, 3.05) is 6.26 Å². The highest BCUT2D eigenvalue weighted by Gasteiger charge is 1.83. The second kappa shape index (κ2) is 5.03. The summed E-state index contributed by atoms with van der Waals surface area (Å²) in [6, 6.07) is 10.5. The van der Waals surface area contributed by atoms with Gasteiger partial charge >= 0.3 is 0 Å². The van der Waals surface area contributed by atoms with E-state index in [0.29, 0.717) is 0 Å². The van der Waals surface area contributed by atoms with Gasteiger partial charge in [-0.3, -0.25) is 0 Å². The lowest BCUT2D eigenvalue weighted by Crippen LogP contribution is -1.76. The first-order valence-corrected chi connectivity index (χ1v) is 4.94. The fourth-order valence-electron chi connectivity index (χ4n) is 0.895. The van der Waals surface area contributed by atoms with Crippen LogP contribution in [0.2, 0.25) is 0 Å². The van der Waals surface area contributed by atoms with E-state index in [4.69, 9.17) is 0 Å². The zero-order chi connectivity index (χ0) is 7.94. The molecule has 0 spiro atoms. The molecule has 1 aromatic carbocycles. The van der Waals surface area contributed by atoms with Crippen molar-refractivity contribution < 1.29 is 0 Å². The van der Waals surface area contributed by atoms with E-state index in [1.54, 1.807) is 11.8 Å². The van der Waals surface area contributed by atoms with Crippen molar-refractivity contribution >= 4 is 11.8 Å². The Kier molecular flexibility index (Phi) is 3.84. The minimum Gasteiger partial charge on any atom is -0.138 e. The van der Waals surface area contributed by atoms with Crippen molar-refractivity contribution in [2.45, 2.75) is 6.42 Å². The summed E-state index contributed by atoms with van der Waals surface area (Å²) in [5, 5.41) is 2.12. The monoisotopic (exact) mass is 164 g/mol. The van der Waals surface area contributed by atoms with Gasteiger partial charge in [-0.25, -0.2) is 0 Å². The molecule has 0 saturated heterocycles. The fraction of sp³-hybridized carbons (Fsp3) is 0.200. The second-order valence-electron chi connectivity index (χ2n) is 2.30. The summed E-state index contributed by atoms with van der Waals surface area (Å²) in [7, 11) is 0. The summed E-state index contributed by atoms with van der Waals surface area (Å²) >= 11 is 1.74. The molecular weight excluding hydrogens is 152 g/mol.